The molecule has 3 rings (SSSR count). The van der Waals surface area contributed by atoms with E-state index >= 15 is 0 Å². The summed E-state index contributed by atoms with van der Waals surface area (Å²) >= 11 is 0. The highest BCUT2D eigenvalue weighted by Crippen LogP contribution is 2.23. The third-order valence-electron chi connectivity index (χ3n) is 4.12. The lowest BCUT2D eigenvalue weighted by Gasteiger charge is -2.22. The number of nitrogens with zero attached hydrogens (tertiary/aromatic N) is 2. The van der Waals surface area contributed by atoms with Crippen molar-refractivity contribution in [2.75, 3.05) is 14.1 Å². The van der Waals surface area contributed by atoms with Crippen LogP contribution < -0.4 is 5.32 Å². The first kappa shape index (κ1) is 15.3. The molecule has 0 bridgehead atoms. The van der Waals surface area contributed by atoms with Crippen molar-refractivity contribution in [3.8, 4) is 0 Å². The molecule has 0 saturated heterocycles. The van der Waals surface area contributed by atoms with Crippen LogP contribution in [-0.2, 0) is 17.6 Å². The van der Waals surface area contributed by atoms with Crippen molar-refractivity contribution in [3.05, 3.63) is 52.8 Å². The summed E-state index contributed by atoms with van der Waals surface area (Å²) < 4.78 is 0. The Morgan fingerprint density at radius 1 is 1.22 bits per heavy atom. The molecular weight excluding hydrogens is 292 g/mol. The van der Waals surface area contributed by atoms with Gasteiger partial charge in [-0.05, 0) is 24.8 Å². The molecule has 1 aromatic carbocycles. The van der Waals surface area contributed by atoms with Gasteiger partial charge in [0, 0.05) is 25.4 Å². The van der Waals surface area contributed by atoms with Gasteiger partial charge in [0.25, 0.3) is 5.91 Å². The molecule has 6 heteroatoms. The van der Waals surface area contributed by atoms with Gasteiger partial charge in [0.05, 0.1) is 0 Å². The third kappa shape index (κ3) is 2.97. The lowest BCUT2D eigenvalue weighted by atomic mass is 10.1. The molecule has 0 radical (unpaired) electrons. The van der Waals surface area contributed by atoms with E-state index in [1.165, 1.54) is 4.90 Å². The van der Waals surface area contributed by atoms with Crippen LogP contribution in [0.5, 0.6) is 0 Å². The van der Waals surface area contributed by atoms with E-state index in [1.807, 2.05) is 30.3 Å². The molecule has 0 unspecified atom stereocenters. The van der Waals surface area contributed by atoms with Crippen LogP contribution >= 0.6 is 0 Å². The van der Waals surface area contributed by atoms with Gasteiger partial charge in [0.1, 0.15) is 6.04 Å². The summed E-state index contributed by atoms with van der Waals surface area (Å²) in [6.07, 6.45) is 2.81. The van der Waals surface area contributed by atoms with Gasteiger partial charge in [-0.1, -0.05) is 30.3 Å². The van der Waals surface area contributed by atoms with Crippen molar-refractivity contribution in [3.63, 3.8) is 0 Å². The van der Waals surface area contributed by atoms with E-state index < -0.39 is 6.04 Å². The van der Waals surface area contributed by atoms with E-state index in [2.05, 4.69) is 15.5 Å². The molecule has 1 aromatic heterocycles. The molecular formula is C17H20N4O2. The van der Waals surface area contributed by atoms with Gasteiger partial charge in [-0.2, -0.15) is 5.10 Å². The second-order valence-electron chi connectivity index (χ2n) is 5.93. The fraction of sp³-hybridized carbons (Fsp3) is 0.353. The average Bonchev–Trinajstić information content (AvgIpc) is 3.15. The molecule has 6 nitrogen and oxygen atoms in total. The van der Waals surface area contributed by atoms with Crippen molar-refractivity contribution < 1.29 is 9.59 Å². The van der Waals surface area contributed by atoms with Crippen molar-refractivity contribution >= 4 is 11.8 Å². The zero-order chi connectivity index (χ0) is 16.4. The summed E-state index contributed by atoms with van der Waals surface area (Å²) in [7, 11) is 3.35. The summed E-state index contributed by atoms with van der Waals surface area (Å²) in [5, 5.41) is 9.89. The molecule has 23 heavy (non-hydrogen) atoms. The molecule has 0 fully saturated rings. The number of nitrogens with one attached hydrogen (secondary N) is 2. The maximum atomic E-state index is 12.6. The Balaban J connectivity index is 1.86. The van der Waals surface area contributed by atoms with Crippen LogP contribution in [0.25, 0.3) is 0 Å². The first-order valence-corrected chi connectivity index (χ1v) is 7.71. The number of fused-ring (bicyclic) bond motifs is 1. The number of benzene rings is 1. The van der Waals surface area contributed by atoms with Crippen LogP contribution in [0, 0.1) is 0 Å². The molecule has 0 saturated carbocycles. The zero-order valence-corrected chi connectivity index (χ0v) is 13.3. The van der Waals surface area contributed by atoms with E-state index in [9.17, 15) is 9.59 Å². The summed E-state index contributed by atoms with van der Waals surface area (Å²) in [5.74, 6) is -0.481. The molecule has 1 atom stereocenters. The fourth-order valence-electron chi connectivity index (χ4n) is 2.90. The Kier molecular flexibility index (Phi) is 4.14. The molecule has 1 heterocycles. The molecule has 0 aliphatic heterocycles. The average molecular weight is 312 g/mol. The number of H-pyrrole nitrogens is 1. The summed E-state index contributed by atoms with van der Waals surface area (Å²) in [4.78, 5) is 26.6. The minimum Gasteiger partial charge on any atom is -0.347 e. The molecule has 120 valence electrons. The minimum absolute atomic E-state index is 0.170. The Hall–Kier alpha value is -2.63. The topological polar surface area (TPSA) is 78.1 Å². The highest BCUT2D eigenvalue weighted by atomic mass is 16.2. The molecule has 2 aromatic rings. The highest BCUT2D eigenvalue weighted by Gasteiger charge is 2.28. The number of aryl methyl sites for hydroxylation is 1. The van der Waals surface area contributed by atoms with E-state index in [-0.39, 0.29) is 11.8 Å². The summed E-state index contributed by atoms with van der Waals surface area (Å²) in [6.45, 7) is 0. The van der Waals surface area contributed by atoms with E-state index in [0.29, 0.717) is 5.69 Å². The molecule has 2 N–H and O–H groups in total. The van der Waals surface area contributed by atoms with Crippen molar-refractivity contribution in [2.45, 2.75) is 25.3 Å². The van der Waals surface area contributed by atoms with Crippen LogP contribution in [0.1, 0.15) is 39.8 Å². The largest absolute Gasteiger partial charge is 0.347 e. The Bertz CT molecular complexity index is 721. The SMILES string of the molecule is CN(C)C(=O)[C@@H](NC(=O)c1n[nH]c2c1CCC2)c1ccccc1. The molecule has 1 aliphatic carbocycles. The summed E-state index contributed by atoms with van der Waals surface area (Å²) in [5.41, 5.74) is 3.17. The maximum Gasteiger partial charge on any atom is 0.272 e. The zero-order valence-electron chi connectivity index (χ0n) is 13.3. The van der Waals surface area contributed by atoms with Crippen molar-refractivity contribution in [2.24, 2.45) is 0 Å². The lowest BCUT2D eigenvalue weighted by molar-refractivity contribution is -0.130. The minimum atomic E-state index is -0.715. The number of hydrogen-bond donors (Lipinski definition) is 2. The van der Waals surface area contributed by atoms with E-state index in [4.69, 9.17) is 0 Å². The number of rotatable bonds is 4. The van der Waals surface area contributed by atoms with Crippen LogP contribution in [0.2, 0.25) is 0 Å². The van der Waals surface area contributed by atoms with Gasteiger partial charge in [-0.15, -0.1) is 0 Å². The number of likely N-dealkylation sites (N-methyl/N-ethyl adjacent to an activating group) is 1. The number of amides is 2. The fourth-order valence-corrected chi connectivity index (χ4v) is 2.90. The van der Waals surface area contributed by atoms with Crippen LogP contribution in [-0.4, -0.2) is 41.0 Å². The van der Waals surface area contributed by atoms with E-state index in [1.54, 1.807) is 14.1 Å². The second-order valence-corrected chi connectivity index (χ2v) is 5.93. The van der Waals surface area contributed by atoms with Gasteiger partial charge < -0.3 is 10.2 Å². The lowest BCUT2D eigenvalue weighted by Crippen LogP contribution is -2.40. The third-order valence-corrected chi connectivity index (χ3v) is 4.12. The first-order valence-electron chi connectivity index (χ1n) is 7.71. The molecule has 1 aliphatic rings. The van der Waals surface area contributed by atoms with Crippen LogP contribution in [0.4, 0.5) is 0 Å². The van der Waals surface area contributed by atoms with Gasteiger partial charge in [-0.25, -0.2) is 0 Å². The first-order chi connectivity index (χ1) is 11.1. The van der Waals surface area contributed by atoms with Gasteiger partial charge in [0.15, 0.2) is 5.69 Å². The Morgan fingerprint density at radius 3 is 2.65 bits per heavy atom. The normalized spacial score (nSPS) is 14.2. The van der Waals surface area contributed by atoms with Crippen molar-refractivity contribution in [1.29, 1.82) is 0 Å². The molecule has 2 amide bonds. The second kappa shape index (κ2) is 6.24. The predicted octanol–water partition coefficient (Wildman–Crippen LogP) is 1.46. The predicted molar refractivity (Wildman–Crippen MR) is 86.0 cm³/mol. The van der Waals surface area contributed by atoms with Crippen LogP contribution in [0.15, 0.2) is 30.3 Å². The smallest absolute Gasteiger partial charge is 0.272 e. The number of aromatic amines is 1. The number of carbonyl (C=O) groups is 2. The van der Waals surface area contributed by atoms with Gasteiger partial charge in [-0.3, -0.25) is 14.7 Å². The summed E-state index contributed by atoms with van der Waals surface area (Å²) in [6, 6.07) is 8.53. The van der Waals surface area contributed by atoms with Crippen LogP contribution in [0.3, 0.4) is 0 Å². The van der Waals surface area contributed by atoms with Gasteiger partial charge >= 0.3 is 0 Å². The Labute approximate surface area is 134 Å². The maximum absolute atomic E-state index is 12.6. The van der Waals surface area contributed by atoms with Gasteiger partial charge in [0.2, 0.25) is 5.91 Å². The quantitative estimate of drug-likeness (QED) is 0.897. The number of carbonyl (C=O) groups excluding carboxylic acids is 2. The highest BCUT2D eigenvalue weighted by molar-refractivity contribution is 5.97. The standard InChI is InChI=1S/C17H20N4O2/c1-21(2)17(23)14(11-7-4-3-5-8-11)18-16(22)15-12-9-6-10-13(12)19-20-15/h3-5,7-8,14H,6,9-10H2,1-2H3,(H,18,22)(H,19,20)/t14-/m0/s1. The van der Waals surface area contributed by atoms with E-state index in [0.717, 1.165) is 36.1 Å². The monoisotopic (exact) mass is 312 g/mol. The number of hydrogen-bond acceptors (Lipinski definition) is 3. The number of aromatic nitrogens is 2. The molecule has 0 spiro atoms. The van der Waals surface area contributed by atoms with Crippen molar-refractivity contribution in [1.82, 2.24) is 20.4 Å². The Morgan fingerprint density at radius 2 is 1.96 bits per heavy atom.